The first kappa shape index (κ1) is 25.9. The minimum atomic E-state index is -3.47. The summed E-state index contributed by atoms with van der Waals surface area (Å²) in [6.45, 7) is 2.81. The van der Waals surface area contributed by atoms with E-state index in [1.54, 1.807) is 23.3 Å². The van der Waals surface area contributed by atoms with Gasteiger partial charge in [0.25, 0.3) is 5.91 Å². The number of amides is 1. The molecule has 5 rings (SSSR count). The number of pyridine rings is 4. The van der Waals surface area contributed by atoms with Crippen LogP contribution in [0.1, 0.15) is 25.8 Å². The molecule has 0 aliphatic rings. The van der Waals surface area contributed by atoms with Gasteiger partial charge < -0.3 is 10.6 Å². The standard InChI is InChI=1S/C26H25N9O3S.2H2/c1-17(14-35-16-28-15-31-35)32-25-5-3-4-22(34-25)23-7-6-18-11-29-20(9-24(18)33-23)12-30-26(36)19-8-21(13-27-10-19)39(2,37)38;;/h3-11,13,15-17H,12,14H2,1-2H3,(H,30,36)(H,32,34);2*1H. The fraction of sp³-hybridized carbons (Fsp3) is 0.192. The van der Waals surface area contributed by atoms with E-state index in [4.69, 9.17) is 9.97 Å². The monoisotopic (exact) mass is 547 g/mol. The topological polar surface area (TPSA) is 158 Å². The van der Waals surface area contributed by atoms with E-state index in [1.807, 2.05) is 37.3 Å². The zero-order valence-electron chi connectivity index (χ0n) is 21.2. The molecule has 12 nitrogen and oxygen atoms in total. The zero-order chi connectivity index (χ0) is 27.4. The molecule has 1 unspecified atom stereocenters. The van der Waals surface area contributed by atoms with Gasteiger partial charge in [-0.3, -0.25) is 19.4 Å². The Morgan fingerprint density at radius 2 is 1.90 bits per heavy atom. The second kappa shape index (κ2) is 10.9. The van der Waals surface area contributed by atoms with Crippen molar-refractivity contribution in [2.24, 2.45) is 0 Å². The van der Waals surface area contributed by atoms with Crippen LogP contribution >= 0.6 is 0 Å². The summed E-state index contributed by atoms with van der Waals surface area (Å²) >= 11 is 0. The molecule has 13 heteroatoms. The lowest BCUT2D eigenvalue weighted by molar-refractivity contribution is 0.0950. The smallest absolute Gasteiger partial charge is 0.253 e. The Hall–Kier alpha value is -4.78. The Kier molecular flexibility index (Phi) is 7.23. The van der Waals surface area contributed by atoms with Crippen molar-refractivity contribution in [3.8, 4) is 11.4 Å². The molecular formula is C26H29N9O3S. The summed E-state index contributed by atoms with van der Waals surface area (Å²) in [7, 11) is -3.47. The maximum absolute atomic E-state index is 12.6. The number of hydrogen-bond acceptors (Lipinski definition) is 10. The minimum Gasteiger partial charge on any atom is -0.366 e. The Bertz CT molecular complexity index is 1750. The van der Waals surface area contributed by atoms with Crippen molar-refractivity contribution < 1.29 is 16.1 Å². The maximum Gasteiger partial charge on any atom is 0.253 e. The van der Waals surface area contributed by atoms with Crippen LogP contribution in [0.5, 0.6) is 0 Å². The highest BCUT2D eigenvalue weighted by Gasteiger charge is 2.13. The highest BCUT2D eigenvalue weighted by atomic mass is 32.2. The lowest BCUT2D eigenvalue weighted by Gasteiger charge is -2.15. The summed E-state index contributed by atoms with van der Waals surface area (Å²) < 4.78 is 25.3. The Labute approximate surface area is 227 Å². The van der Waals surface area contributed by atoms with Gasteiger partial charge in [0.2, 0.25) is 0 Å². The lowest BCUT2D eigenvalue weighted by Crippen LogP contribution is -2.23. The van der Waals surface area contributed by atoms with Crippen molar-refractivity contribution in [2.45, 2.75) is 31.0 Å². The van der Waals surface area contributed by atoms with Gasteiger partial charge in [-0.2, -0.15) is 5.10 Å². The Morgan fingerprint density at radius 1 is 1.05 bits per heavy atom. The third kappa shape index (κ3) is 6.38. The largest absolute Gasteiger partial charge is 0.366 e. The highest BCUT2D eigenvalue weighted by Crippen LogP contribution is 2.21. The summed E-state index contributed by atoms with van der Waals surface area (Å²) in [6.07, 6.45) is 8.45. The Morgan fingerprint density at radius 3 is 2.69 bits per heavy atom. The molecule has 0 aliphatic heterocycles. The summed E-state index contributed by atoms with van der Waals surface area (Å²) in [5.41, 5.74) is 2.85. The molecule has 202 valence electrons. The number of nitrogens with one attached hydrogen (secondary N) is 2. The van der Waals surface area contributed by atoms with Crippen LogP contribution in [0.3, 0.4) is 0 Å². The average molecular weight is 548 g/mol. The van der Waals surface area contributed by atoms with Crippen LogP contribution in [0.2, 0.25) is 0 Å². The molecule has 5 aromatic heterocycles. The van der Waals surface area contributed by atoms with Crippen molar-refractivity contribution in [1.29, 1.82) is 0 Å². The van der Waals surface area contributed by atoms with Crippen LogP contribution in [0.4, 0.5) is 5.82 Å². The van der Waals surface area contributed by atoms with Crippen LogP contribution in [0.25, 0.3) is 22.3 Å². The molecule has 0 radical (unpaired) electrons. The van der Waals surface area contributed by atoms with E-state index >= 15 is 0 Å². The number of fused-ring (bicyclic) bond motifs is 1. The molecule has 0 saturated carbocycles. The molecule has 0 bridgehead atoms. The number of nitrogens with zero attached hydrogens (tertiary/aromatic N) is 7. The molecule has 5 heterocycles. The van der Waals surface area contributed by atoms with Crippen molar-refractivity contribution in [2.75, 3.05) is 11.6 Å². The quantitative estimate of drug-likeness (QED) is 0.281. The van der Waals surface area contributed by atoms with Gasteiger partial charge in [-0.25, -0.2) is 23.4 Å². The van der Waals surface area contributed by atoms with Gasteiger partial charge in [0, 0.05) is 39.1 Å². The summed E-state index contributed by atoms with van der Waals surface area (Å²) in [4.78, 5) is 34.3. The van der Waals surface area contributed by atoms with E-state index in [-0.39, 0.29) is 25.9 Å². The Balaban J connectivity index is 0.00000231. The number of rotatable bonds is 9. The van der Waals surface area contributed by atoms with E-state index < -0.39 is 15.7 Å². The molecule has 1 atom stereocenters. The number of hydrogen-bond donors (Lipinski definition) is 2. The average Bonchev–Trinajstić information content (AvgIpc) is 3.44. The molecule has 1 amide bonds. The number of carbonyl (C=O) groups excluding carboxylic acids is 1. The van der Waals surface area contributed by atoms with Crippen LogP contribution in [0, 0.1) is 0 Å². The first-order chi connectivity index (χ1) is 18.7. The summed E-state index contributed by atoms with van der Waals surface area (Å²) in [6, 6.07) is 12.7. The van der Waals surface area contributed by atoms with Gasteiger partial charge in [0.15, 0.2) is 9.84 Å². The van der Waals surface area contributed by atoms with E-state index in [2.05, 4.69) is 30.7 Å². The van der Waals surface area contributed by atoms with Crippen LogP contribution < -0.4 is 10.6 Å². The second-order valence-electron chi connectivity index (χ2n) is 9.00. The third-order valence-corrected chi connectivity index (χ3v) is 6.88. The third-order valence-electron chi connectivity index (χ3n) is 5.80. The van der Waals surface area contributed by atoms with E-state index in [0.29, 0.717) is 29.1 Å². The van der Waals surface area contributed by atoms with Gasteiger partial charge in [-0.1, -0.05) is 6.07 Å². The van der Waals surface area contributed by atoms with Crippen LogP contribution in [-0.4, -0.2) is 61.3 Å². The molecule has 5 aromatic rings. The molecule has 0 spiro atoms. The first-order valence-electron chi connectivity index (χ1n) is 12.0. The van der Waals surface area contributed by atoms with Gasteiger partial charge in [0.05, 0.1) is 46.1 Å². The molecule has 0 aliphatic carbocycles. The van der Waals surface area contributed by atoms with E-state index in [0.717, 1.165) is 17.5 Å². The molecule has 0 saturated heterocycles. The first-order valence-corrected chi connectivity index (χ1v) is 13.9. The van der Waals surface area contributed by atoms with Crippen LogP contribution in [0.15, 0.2) is 78.6 Å². The van der Waals surface area contributed by atoms with Crippen molar-refractivity contribution in [3.05, 3.63) is 85.0 Å². The van der Waals surface area contributed by atoms with Gasteiger partial charge in [0.1, 0.15) is 18.5 Å². The van der Waals surface area contributed by atoms with Crippen molar-refractivity contribution in [1.82, 2.24) is 40.0 Å². The highest BCUT2D eigenvalue weighted by molar-refractivity contribution is 7.90. The van der Waals surface area contributed by atoms with Gasteiger partial charge in [-0.15, -0.1) is 0 Å². The lowest BCUT2D eigenvalue weighted by atomic mass is 10.2. The van der Waals surface area contributed by atoms with Crippen molar-refractivity contribution >= 4 is 32.5 Å². The van der Waals surface area contributed by atoms with Crippen LogP contribution in [-0.2, 0) is 22.9 Å². The van der Waals surface area contributed by atoms with Gasteiger partial charge >= 0.3 is 0 Å². The predicted octanol–water partition coefficient (Wildman–Crippen LogP) is 3.00. The number of carbonyl (C=O) groups is 1. The summed E-state index contributed by atoms with van der Waals surface area (Å²) in [5.74, 6) is 0.262. The van der Waals surface area contributed by atoms with E-state index in [1.165, 1.54) is 24.8 Å². The number of anilines is 1. The van der Waals surface area contributed by atoms with Crippen molar-refractivity contribution in [3.63, 3.8) is 0 Å². The predicted molar refractivity (Wildman–Crippen MR) is 149 cm³/mol. The molecule has 0 fully saturated rings. The van der Waals surface area contributed by atoms with Gasteiger partial charge in [-0.05, 0) is 43.3 Å². The molecule has 2 N–H and O–H groups in total. The molecule has 0 aromatic carbocycles. The number of sulfone groups is 1. The normalized spacial score (nSPS) is 12.3. The second-order valence-corrected chi connectivity index (χ2v) is 11.0. The van der Waals surface area contributed by atoms with E-state index in [9.17, 15) is 13.2 Å². The maximum atomic E-state index is 12.6. The fourth-order valence-corrected chi connectivity index (χ4v) is 4.47. The molecule has 39 heavy (non-hydrogen) atoms. The SMILES string of the molecule is CC(Cn1cncn1)Nc1cccc(-c2ccc3cnc(CNC(=O)c4cncc(S(C)(=O)=O)c4)cc3n2)n1.[HH].[HH]. The fourth-order valence-electron chi connectivity index (χ4n) is 3.88. The summed E-state index contributed by atoms with van der Waals surface area (Å²) in [5, 5.41) is 11.1. The minimum absolute atomic E-state index is 0. The molecular weight excluding hydrogens is 518 g/mol. The number of aromatic nitrogens is 7. The zero-order valence-corrected chi connectivity index (χ0v) is 22.0.